The number of aliphatic hydroxyl groups is 1. The molecule has 2 fully saturated rings. The van der Waals surface area contributed by atoms with Crippen LogP contribution in [0.15, 0.2) is 18.2 Å². The SMILES string of the molecule is OCc1cc(F)cc(N2CCCC3CCCCC32)c1. The summed E-state index contributed by atoms with van der Waals surface area (Å²) in [5.41, 5.74) is 1.63. The zero-order chi connectivity index (χ0) is 13.2. The highest BCUT2D eigenvalue weighted by Crippen LogP contribution is 2.38. The molecule has 1 aromatic carbocycles. The van der Waals surface area contributed by atoms with Crippen molar-refractivity contribution >= 4 is 5.69 Å². The van der Waals surface area contributed by atoms with E-state index in [0.29, 0.717) is 11.6 Å². The van der Waals surface area contributed by atoms with Crippen LogP contribution in [0.1, 0.15) is 44.1 Å². The highest BCUT2D eigenvalue weighted by atomic mass is 19.1. The van der Waals surface area contributed by atoms with E-state index in [-0.39, 0.29) is 12.4 Å². The second kappa shape index (κ2) is 5.49. The van der Waals surface area contributed by atoms with Gasteiger partial charge in [0, 0.05) is 18.3 Å². The molecule has 2 aliphatic rings. The molecule has 1 heterocycles. The van der Waals surface area contributed by atoms with Crippen LogP contribution < -0.4 is 4.90 Å². The maximum atomic E-state index is 13.7. The average Bonchev–Trinajstić information content (AvgIpc) is 2.46. The van der Waals surface area contributed by atoms with Crippen LogP contribution in [-0.4, -0.2) is 17.7 Å². The first-order valence-electron chi connectivity index (χ1n) is 7.45. The van der Waals surface area contributed by atoms with E-state index in [4.69, 9.17) is 0 Å². The molecule has 3 heteroatoms. The Morgan fingerprint density at radius 2 is 1.89 bits per heavy atom. The number of rotatable bonds is 2. The predicted molar refractivity (Wildman–Crippen MR) is 74.6 cm³/mol. The lowest BCUT2D eigenvalue weighted by molar-refractivity contribution is 0.243. The van der Waals surface area contributed by atoms with E-state index in [0.717, 1.165) is 18.2 Å². The van der Waals surface area contributed by atoms with Crippen molar-refractivity contribution in [2.75, 3.05) is 11.4 Å². The van der Waals surface area contributed by atoms with Gasteiger partial charge < -0.3 is 10.0 Å². The number of halogens is 1. The van der Waals surface area contributed by atoms with Crippen LogP contribution in [0, 0.1) is 11.7 Å². The van der Waals surface area contributed by atoms with Gasteiger partial charge in [-0.1, -0.05) is 12.8 Å². The Morgan fingerprint density at radius 1 is 1.11 bits per heavy atom. The molecule has 19 heavy (non-hydrogen) atoms. The second-order valence-electron chi connectivity index (χ2n) is 5.92. The fourth-order valence-corrected chi connectivity index (χ4v) is 3.84. The molecule has 1 aliphatic carbocycles. The van der Waals surface area contributed by atoms with E-state index in [1.807, 2.05) is 6.07 Å². The highest BCUT2D eigenvalue weighted by Gasteiger charge is 2.33. The summed E-state index contributed by atoms with van der Waals surface area (Å²) in [6, 6.07) is 5.57. The van der Waals surface area contributed by atoms with Gasteiger partial charge in [0.15, 0.2) is 0 Å². The Balaban J connectivity index is 1.89. The molecule has 0 bridgehead atoms. The molecular weight excluding hydrogens is 241 g/mol. The molecule has 1 N–H and O–H groups in total. The molecule has 2 atom stereocenters. The molecule has 2 nitrogen and oxygen atoms in total. The zero-order valence-electron chi connectivity index (χ0n) is 11.3. The van der Waals surface area contributed by atoms with Crippen LogP contribution in [-0.2, 0) is 6.61 Å². The Morgan fingerprint density at radius 3 is 2.74 bits per heavy atom. The zero-order valence-corrected chi connectivity index (χ0v) is 11.3. The Hall–Kier alpha value is -1.09. The Bertz CT molecular complexity index is 446. The topological polar surface area (TPSA) is 23.5 Å². The molecule has 1 saturated carbocycles. The van der Waals surface area contributed by atoms with Gasteiger partial charge in [-0.3, -0.25) is 0 Å². The van der Waals surface area contributed by atoms with Gasteiger partial charge in [0.1, 0.15) is 5.82 Å². The number of fused-ring (bicyclic) bond motifs is 1. The van der Waals surface area contributed by atoms with E-state index >= 15 is 0 Å². The van der Waals surface area contributed by atoms with Gasteiger partial charge in [0.2, 0.25) is 0 Å². The third kappa shape index (κ3) is 2.62. The van der Waals surface area contributed by atoms with Crippen LogP contribution >= 0.6 is 0 Å². The van der Waals surface area contributed by atoms with Crippen molar-refractivity contribution in [3.05, 3.63) is 29.6 Å². The molecule has 0 aromatic heterocycles. The summed E-state index contributed by atoms with van der Waals surface area (Å²) in [4.78, 5) is 2.38. The third-order valence-electron chi connectivity index (χ3n) is 4.70. The van der Waals surface area contributed by atoms with Crippen molar-refractivity contribution in [1.82, 2.24) is 0 Å². The highest BCUT2D eigenvalue weighted by molar-refractivity contribution is 5.50. The number of benzene rings is 1. The van der Waals surface area contributed by atoms with Crippen molar-refractivity contribution in [3.8, 4) is 0 Å². The summed E-state index contributed by atoms with van der Waals surface area (Å²) in [7, 11) is 0. The number of hydrogen-bond acceptors (Lipinski definition) is 2. The number of nitrogens with zero attached hydrogens (tertiary/aromatic N) is 1. The molecule has 0 radical (unpaired) electrons. The minimum absolute atomic E-state index is 0.0906. The number of hydrogen-bond donors (Lipinski definition) is 1. The maximum Gasteiger partial charge on any atom is 0.125 e. The monoisotopic (exact) mass is 263 g/mol. The predicted octanol–water partition coefficient (Wildman–Crippen LogP) is 3.48. The van der Waals surface area contributed by atoms with Gasteiger partial charge in [-0.15, -0.1) is 0 Å². The first kappa shape index (κ1) is 12.9. The number of anilines is 1. The number of piperidine rings is 1. The van der Waals surface area contributed by atoms with E-state index in [1.165, 1.54) is 44.6 Å². The molecule has 1 saturated heterocycles. The summed E-state index contributed by atoms with van der Waals surface area (Å²) in [5.74, 6) is 0.544. The van der Waals surface area contributed by atoms with E-state index in [2.05, 4.69) is 4.90 Å². The van der Waals surface area contributed by atoms with Crippen LogP contribution in [0.3, 0.4) is 0 Å². The molecule has 104 valence electrons. The maximum absolute atomic E-state index is 13.7. The van der Waals surface area contributed by atoms with Crippen LogP contribution in [0.25, 0.3) is 0 Å². The summed E-state index contributed by atoms with van der Waals surface area (Å²) in [6.07, 6.45) is 7.72. The minimum atomic E-state index is -0.237. The van der Waals surface area contributed by atoms with Gasteiger partial charge >= 0.3 is 0 Å². The summed E-state index contributed by atoms with van der Waals surface area (Å²) < 4.78 is 13.7. The van der Waals surface area contributed by atoms with Gasteiger partial charge in [-0.2, -0.15) is 0 Å². The molecular formula is C16H22FNO. The van der Waals surface area contributed by atoms with E-state index in [9.17, 15) is 9.50 Å². The quantitative estimate of drug-likeness (QED) is 0.883. The standard InChI is InChI=1S/C16H22FNO/c17-14-8-12(11-19)9-15(10-14)18-7-3-5-13-4-1-2-6-16(13)18/h8-10,13,16,19H,1-7,11H2. The summed E-state index contributed by atoms with van der Waals surface area (Å²) in [5, 5.41) is 9.23. The molecule has 3 rings (SSSR count). The lowest BCUT2D eigenvalue weighted by Gasteiger charge is -2.45. The minimum Gasteiger partial charge on any atom is -0.392 e. The van der Waals surface area contributed by atoms with Gasteiger partial charge in [0.05, 0.1) is 6.61 Å². The van der Waals surface area contributed by atoms with Crippen molar-refractivity contribution < 1.29 is 9.50 Å². The van der Waals surface area contributed by atoms with Crippen molar-refractivity contribution in [2.45, 2.75) is 51.2 Å². The van der Waals surface area contributed by atoms with Crippen molar-refractivity contribution in [2.24, 2.45) is 5.92 Å². The van der Waals surface area contributed by atoms with Gasteiger partial charge in [0.25, 0.3) is 0 Å². The first-order chi connectivity index (χ1) is 9.28. The average molecular weight is 263 g/mol. The lowest BCUT2D eigenvalue weighted by Crippen LogP contribution is -2.47. The lowest BCUT2D eigenvalue weighted by atomic mass is 9.78. The summed E-state index contributed by atoms with van der Waals surface area (Å²) in [6.45, 7) is 0.933. The first-order valence-corrected chi connectivity index (χ1v) is 7.45. The molecule has 1 aliphatic heterocycles. The van der Waals surface area contributed by atoms with Gasteiger partial charge in [-0.25, -0.2) is 4.39 Å². The van der Waals surface area contributed by atoms with Crippen molar-refractivity contribution in [3.63, 3.8) is 0 Å². The third-order valence-corrected chi connectivity index (χ3v) is 4.70. The van der Waals surface area contributed by atoms with Crippen LogP contribution in [0.5, 0.6) is 0 Å². The van der Waals surface area contributed by atoms with E-state index in [1.54, 1.807) is 6.07 Å². The van der Waals surface area contributed by atoms with Gasteiger partial charge in [-0.05, 0) is 55.4 Å². The Kier molecular flexibility index (Phi) is 3.74. The molecule has 0 amide bonds. The molecule has 0 spiro atoms. The molecule has 2 unspecified atom stereocenters. The smallest absolute Gasteiger partial charge is 0.125 e. The van der Waals surface area contributed by atoms with Crippen LogP contribution in [0.4, 0.5) is 10.1 Å². The fourth-order valence-electron chi connectivity index (χ4n) is 3.84. The molecule has 1 aromatic rings. The Labute approximate surface area is 114 Å². The largest absolute Gasteiger partial charge is 0.392 e. The van der Waals surface area contributed by atoms with Crippen molar-refractivity contribution in [1.29, 1.82) is 0 Å². The number of aliphatic hydroxyl groups excluding tert-OH is 1. The van der Waals surface area contributed by atoms with E-state index < -0.39 is 0 Å². The second-order valence-corrected chi connectivity index (χ2v) is 5.92. The van der Waals surface area contributed by atoms with Crippen LogP contribution in [0.2, 0.25) is 0 Å². The normalized spacial score (nSPS) is 27.2. The summed E-state index contributed by atoms with van der Waals surface area (Å²) >= 11 is 0. The fraction of sp³-hybridized carbons (Fsp3) is 0.625.